The number of hydrogen-bond acceptors (Lipinski definition) is 2. The molecule has 1 aliphatic heterocycles. The van der Waals surface area contributed by atoms with E-state index < -0.39 is 17.6 Å². The van der Waals surface area contributed by atoms with E-state index in [1.165, 1.54) is 19.1 Å². The highest BCUT2D eigenvalue weighted by molar-refractivity contribution is 6.05. The lowest BCUT2D eigenvalue weighted by Gasteiger charge is -2.17. The first-order valence-corrected chi connectivity index (χ1v) is 7.65. The first kappa shape index (κ1) is 17.0. The molecular formula is C18H15F3N2O2. The van der Waals surface area contributed by atoms with Gasteiger partial charge in [0.1, 0.15) is 0 Å². The standard InChI is InChI=1S/C18H15F3N2O2/c1-10-6-13(18(19,20)21)9-14(7-10)22-17(25)12-2-4-15-11(8-12)3-5-16(24)23-15/h2,4,6-9H,3,5H2,1H3,(H,22,25)(H,23,24). The molecule has 1 aliphatic rings. The second kappa shape index (κ2) is 6.23. The van der Waals surface area contributed by atoms with Gasteiger partial charge in [-0.15, -0.1) is 0 Å². The molecule has 0 bridgehead atoms. The lowest BCUT2D eigenvalue weighted by Crippen LogP contribution is -2.20. The van der Waals surface area contributed by atoms with Gasteiger partial charge in [-0.05, 0) is 60.9 Å². The van der Waals surface area contributed by atoms with Crippen molar-refractivity contribution in [2.24, 2.45) is 0 Å². The predicted octanol–water partition coefficient (Wildman–Crippen LogP) is 4.15. The van der Waals surface area contributed by atoms with Crippen LogP contribution in [0.5, 0.6) is 0 Å². The van der Waals surface area contributed by atoms with Crippen LogP contribution in [0, 0.1) is 6.92 Å². The average Bonchev–Trinajstić information content (AvgIpc) is 2.53. The van der Waals surface area contributed by atoms with Crippen LogP contribution in [0.25, 0.3) is 0 Å². The second-order valence-corrected chi connectivity index (χ2v) is 5.96. The fourth-order valence-corrected chi connectivity index (χ4v) is 2.75. The number of alkyl halides is 3. The van der Waals surface area contributed by atoms with Gasteiger partial charge in [-0.2, -0.15) is 13.2 Å². The lowest BCUT2D eigenvalue weighted by molar-refractivity contribution is -0.137. The number of aryl methyl sites for hydroxylation is 2. The topological polar surface area (TPSA) is 58.2 Å². The number of rotatable bonds is 2. The summed E-state index contributed by atoms with van der Waals surface area (Å²) in [6.07, 6.45) is -3.62. The van der Waals surface area contributed by atoms with Crippen molar-refractivity contribution in [3.05, 3.63) is 58.7 Å². The van der Waals surface area contributed by atoms with E-state index in [4.69, 9.17) is 0 Å². The van der Waals surface area contributed by atoms with Crippen LogP contribution < -0.4 is 10.6 Å². The molecule has 0 aliphatic carbocycles. The molecule has 0 spiro atoms. The lowest BCUT2D eigenvalue weighted by atomic mass is 10.00. The highest BCUT2D eigenvalue weighted by Gasteiger charge is 2.31. The van der Waals surface area contributed by atoms with Gasteiger partial charge in [0.15, 0.2) is 0 Å². The molecule has 0 saturated heterocycles. The number of fused-ring (bicyclic) bond motifs is 1. The molecule has 0 aromatic heterocycles. The Morgan fingerprint density at radius 3 is 2.60 bits per heavy atom. The third kappa shape index (κ3) is 3.81. The molecule has 2 aromatic carbocycles. The van der Waals surface area contributed by atoms with Crippen molar-refractivity contribution in [3.8, 4) is 0 Å². The van der Waals surface area contributed by atoms with Crippen LogP contribution in [0.2, 0.25) is 0 Å². The van der Waals surface area contributed by atoms with E-state index in [2.05, 4.69) is 10.6 Å². The molecule has 0 radical (unpaired) electrons. The van der Waals surface area contributed by atoms with Crippen LogP contribution in [-0.2, 0) is 17.4 Å². The molecule has 0 unspecified atom stereocenters. The van der Waals surface area contributed by atoms with E-state index in [-0.39, 0.29) is 11.6 Å². The van der Waals surface area contributed by atoms with E-state index in [1.807, 2.05) is 0 Å². The summed E-state index contributed by atoms with van der Waals surface area (Å²) in [5, 5.41) is 5.21. The van der Waals surface area contributed by atoms with Crippen molar-refractivity contribution >= 4 is 23.2 Å². The molecule has 0 fully saturated rings. The van der Waals surface area contributed by atoms with E-state index in [0.29, 0.717) is 29.7 Å². The summed E-state index contributed by atoms with van der Waals surface area (Å²) in [6, 6.07) is 8.20. The Balaban J connectivity index is 1.83. The van der Waals surface area contributed by atoms with E-state index in [0.717, 1.165) is 17.7 Å². The summed E-state index contributed by atoms with van der Waals surface area (Å²) >= 11 is 0. The first-order valence-electron chi connectivity index (χ1n) is 7.65. The van der Waals surface area contributed by atoms with Gasteiger partial charge in [0.25, 0.3) is 5.91 Å². The number of carbonyl (C=O) groups excluding carboxylic acids is 2. The number of halogens is 3. The van der Waals surface area contributed by atoms with Crippen molar-refractivity contribution in [3.63, 3.8) is 0 Å². The Bertz CT molecular complexity index is 860. The van der Waals surface area contributed by atoms with Crippen LogP contribution in [0.15, 0.2) is 36.4 Å². The van der Waals surface area contributed by atoms with Gasteiger partial charge >= 0.3 is 6.18 Å². The Hall–Kier alpha value is -2.83. The van der Waals surface area contributed by atoms with Gasteiger partial charge in [-0.3, -0.25) is 9.59 Å². The first-order chi connectivity index (χ1) is 11.7. The fraction of sp³-hybridized carbons (Fsp3) is 0.222. The van der Waals surface area contributed by atoms with Crippen molar-refractivity contribution in [2.75, 3.05) is 10.6 Å². The number of anilines is 2. The van der Waals surface area contributed by atoms with Crippen LogP contribution in [0.4, 0.5) is 24.5 Å². The minimum absolute atomic E-state index is 0.0795. The van der Waals surface area contributed by atoms with Crippen molar-refractivity contribution in [2.45, 2.75) is 25.9 Å². The van der Waals surface area contributed by atoms with Gasteiger partial charge in [0.05, 0.1) is 5.56 Å². The quantitative estimate of drug-likeness (QED) is 0.856. The SMILES string of the molecule is Cc1cc(NC(=O)c2ccc3c(c2)CCC(=O)N3)cc(C(F)(F)F)c1. The van der Waals surface area contributed by atoms with Crippen LogP contribution >= 0.6 is 0 Å². The van der Waals surface area contributed by atoms with Crippen LogP contribution in [0.1, 0.15) is 33.5 Å². The third-order valence-corrected chi connectivity index (χ3v) is 3.93. The molecule has 2 amide bonds. The zero-order valence-electron chi connectivity index (χ0n) is 13.3. The zero-order chi connectivity index (χ0) is 18.2. The Kier molecular flexibility index (Phi) is 4.24. The number of carbonyl (C=O) groups is 2. The molecular weight excluding hydrogens is 333 g/mol. The largest absolute Gasteiger partial charge is 0.416 e. The maximum Gasteiger partial charge on any atom is 0.416 e. The molecule has 2 aromatic rings. The molecule has 0 saturated carbocycles. The van der Waals surface area contributed by atoms with Gasteiger partial charge in [-0.25, -0.2) is 0 Å². The Labute approximate surface area is 142 Å². The molecule has 25 heavy (non-hydrogen) atoms. The number of hydrogen-bond donors (Lipinski definition) is 2. The molecule has 130 valence electrons. The summed E-state index contributed by atoms with van der Waals surface area (Å²) in [5.41, 5.74) is 1.48. The zero-order valence-corrected chi connectivity index (χ0v) is 13.3. The van der Waals surface area contributed by atoms with E-state index in [1.54, 1.807) is 12.1 Å². The van der Waals surface area contributed by atoms with Gasteiger partial charge in [0, 0.05) is 23.4 Å². The second-order valence-electron chi connectivity index (χ2n) is 5.96. The van der Waals surface area contributed by atoms with E-state index >= 15 is 0 Å². The summed E-state index contributed by atoms with van der Waals surface area (Å²) in [7, 11) is 0. The van der Waals surface area contributed by atoms with Gasteiger partial charge in [0.2, 0.25) is 5.91 Å². The molecule has 1 heterocycles. The predicted molar refractivity (Wildman–Crippen MR) is 87.5 cm³/mol. The average molecular weight is 348 g/mol. The summed E-state index contributed by atoms with van der Waals surface area (Å²) in [4.78, 5) is 23.7. The smallest absolute Gasteiger partial charge is 0.326 e. The highest BCUT2D eigenvalue weighted by atomic mass is 19.4. The van der Waals surface area contributed by atoms with Gasteiger partial charge < -0.3 is 10.6 Å². The van der Waals surface area contributed by atoms with Crippen LogP contribution in [-0.4, -0.2) is 11.8 Å². The summed E-state index contributed by atoms with van der Waals surface area (Å²) in [5.74, 6) is -0.581. The molecule has 7 heteroatoms. The molecule has 2 N–H and O–H groups in total. The number of nitrogens with one attached hydrogen (secondary N) is 2. The summed E-state index contributed by atoms with van der Waals surface area (Å²) in [6.45, 7) is 1.53. The third-order valence-electron chi connectivity index (χ3n) is 3.93. The van der Waals surface area contributed by atoms with Crippen molar-refractivity contribution < 1.29 is 22.8 Å². The van der Waals surface area contributed by atoms with Gasteiger partial charge in [-0.1, -0.05) is 0 Å². The maximum atomic E-state index is 12.9. The Morgan fingerprint density at radius 1 is 1.12 bits per heavy atom. The monoisotopic (exact) mass is 348 g/mol. The maximum absolute atomic E-state index is 12.9. The van der Waals surface area contributed by atoms with Crippen LogP contribution in [0.3, 0.4) is 0 Å². The number of amides is 2. The highest BCUT2D eigenvalue weighted by Crippen LogP contribution is 2.32. The van der Waals surface area contributed by atoms with E-state index in [9.17, 15) is 22.8 Å². The summed E-state index contributed by atoms with van der Waals surface area (Å²) < 4.78 is 38.6. The normalized spacial score (nSPS) is 13.8. The molecule has 4 nitrogen and oxygen atoms in total. The Morgan fingerprint density at radius 2 is 1.88 bits per heavy atom. The minimum atomic E-state index is -4.48. The fourth-order valence-electron chi connectivity index (χ4n) is 2.75. The van der Waals surface area contributed by atoms with Crippen molar-refractivity contribution in [1.82, 2.24) is 0 Å². The minimum Gasteiger partial charge on any atom is -0.326 e. The molecule has 3 rings (SSSR count). The molecule has 0 atom stereocenters. The van der Waals surface area contributed by atoms with Crippen molar-refractivity contribution in [1.29, 1.82) is 0 Å². The number of benzene rings is 2.